The second-order valence-electron chi connectivity index (χ2n) is 3.98. The van der Waals surface area contributed by atoms with Crippen molar-refractivity contribution in [1.82, 2.24) is 4.98 Å². The van der Waals surface area contributed by atoms with Crippen LogP contribution in [0.5, 0.6) is 11.6 Å². The zero-order valence-electron chi connectivity index (χ0n) is 10.8. The van der Waals surface area contributed by atoms with Gasteiger partial charge in [0.05, 0.1) is 20.1 Å². The average molecular weight is 261 g/mol. The summed E-state index contributed by atoms with van der Waals surface area (Å²) in [6, 6.07) is 6.68. The van der Waals surface area contributed by atoms with Gasteiger partial charge in [-0.3, -0.25) is 4.79 Å². The van der Waals surface area contributed by atoms with Crippen molar-refractivity contribution in [2.45, 2.75) is 13.3 Å². The van der Waals surface area contributed by atoms with Crippen LogP contribution in [0.4, 0.5) is 0 Å². The summed E-state index contributed by atoms with van der Waals surface area (Å²) in [6.07, 6.45) is 0.151. The molecule has 0 spiro atoms. The molecule has 2 rings (SSSR count). The van der Waals surface area contributed by atoms with Crippen LogP contribution in [0.1, 0.15) is 12.5 Å². The summed E-state index contributed by atoms with van der Waals surface area (Å²) in [5.74, 6) is 0.169. The van der Waals surface area contributed by atoms with Crippen LogP contribution in [-0.2, 0) is 16.0 Å². The molecule has 5 nitrogen and oxygen atoms in total. The Balaban J connectivity index is 2.45. The van der Waals surface area contributed by atoms with E-state index in [0.29, 0.717) is 23.4 Å². The van der Waals surface area contributed by atoms with Gasteiger partial charge in [-0.15, -0.1) is 0 Å². The van der Waals surface area contributed by atoms with E-state index in [-0.39, 0.29) is 18.1 Å². The standard InChI is InChI=1S/C14H15NO4/c1-3-19-13(17)8-9-4-6-11(16)14-10(9)5-7-12(15-14)18-2/h4-7,16H,3,8H2,1-2H3. The molecule has 0 bridgehead atoms. The van der Waals surface area contributed by atoms with E-state index in [2.05, 4.69) is 4.98 Å². The number of phenols is 1. The molecule has 1 aromatic heterocycles. The molecule has 0 radical (unpaired) electrons. The maximum atomic E-state index is 11.5. The number of hydrogen-bond acceptors (Lipinski definition) is 5. The number of phenolic OH excluding ortho intramolecular Hbond substituents is 1. The van der Waals surface area contributed by atoms with Gasteiger partial charge in [0.2, 0.25) is 5.88 Å². The number of hydrogen-bond donors (Lipinski definition) is 1. The van der Waals surface area contributed by atoms with E-state index in [0.717, 1.165) is 5.56 Å². The number of carbonyl (C=O) groups is 1. The third-order valence-corrected chi connectivity index (χ3v) is 2.75. The summed E-state index contributed by atoms with van der Waals surface area (Å²) in [5.41, 5.74) is 1.18. The number of rotatable bonds is 4. The first kappa shape index (κ1) is 13.1. The number of esters is 1. The zero-order valence-corrected chi connectivity index (χ0v) is 10.8. The second kappa shape index (κ2) is 5.56. The molecule has 19 heavy (non-hydrogen) atoms. The van der Waals surface area contributed by atoms with E-state index in [1.165, 1.54) is 13.2 Å². The maximum absolute atomic E-state index is 11.5. The van der Waals surface area contributed by atoms with Crippen molar-refractivity contribution in [2.24, 2.45) is 0 Å². The molecular formula is C14H15NO4. The molecule has 2 aromatic rings. The van der Waals surface area contributed by atoms with Crippen LogP contribution in [0.25, 0.3) is 10.9 Å². The van der Waals surface area contributed by atoms with Gasteiger partial charge in [-0.1, -0.05) is 6.07 Å². The van der Waals surface area contributed by atoms with Crippen LogP contribution in [0, 0.1) is 0 Å². The fourth-order valence-electron chi connectivity index (χ4n) is 1.88. The second-order valence-corrected chi connectivity index (χ2v) is 3.98. The van der Waals surface area contributed by atoms with Crippen molar-refractivity contribution in [3.8, 4) is 11.6 Å². The minimum absolute atomic E-state index is 0.0570. The number of benzene rings is 1. The number of methoxy groups -OCH3 is 1. The van der Waals surface area contributed by atoms with Crippen LogP contribution >= 0.6 is 0 Å². The Labute approximate surface area is 110 Å². The van der Waals surface area contributed by atoms with E-state index in [9.17, 15) is 9.90 Å². The predicted molar refractivity (Wildman–Crippen MR) is 70.3 cm³/mol. The van der Waals surface area contributed by atoms with Crippen molar-refractivity contribution in [3.63, 3.8) is 0 Å². The summed E-state index contributed by atoms with van der Waals surface area (Å²) in [5, 5.41) is 10.5. The third kappa shape index (κ3) is 2.76. The van der Waals surface area contributed by atoms with E-state index >= 15 is 0 Å². The van der Waals surface area contributed by atoms with E-state index in [1.54, 1.807) is 25.1 Å². The largest absolute Gasteiger partial charge is 0.506 e. The summed E-state index contributed by atoms with van der Waals surface area (Å²) >= 11 is 0. The van der Waals surface area contributed by atoms with Crippen LogP contribution in [0.2, 0.25) is 0 Å². The molecule has 5 heteroatoms. The molecule has 0 aliphatic carbocycles. The average Bonchev–Trinajstić information content (AvgIpc) is 2.42. The fourth-order valence-corrected chi connectivity index (χ4v) is 1.88. The molecule has 0 unspecified atom stereocenters. The Morgan fingerprint density at radius 3 is 2.79 bits per heavy atom. The molecule has 1 N–H and O–H groups in total. The van der Waals surface area contributed by atoms with Gasteiger partial charge in [-0.2, -0.15) is 0 Å². The lowest BCUT2D eigenvalue weighted by Gasteiger charge is -2.08. The Morgan fingerprint density at radius 1 is 1.32 bits per heavy atom. The molecule has 0 aliphatic heterocycles. The topological polar surface area (TPSA) is 68.7 Å². The van der Waals surface area contributed by atoms with Crippen molar-refractivity contribution in [2.75, 3.05) is 13.7 Å². The van der Waals surface area contributed by atoms with Gasteiger partial charge in [-0.05, 0) is 24.6 Å². The van der Waals surface area contributed by atoms with Gasteiger partial charge < -0.3 is 14.6 Å². The molecule has 1 heterocycles. The lowest BCUT2D eigenvalue weighted by molar-refractivity contribution is -0.142. The van der Waals surface area contributed by atoms with Gasteiger partial charge in [-0.25, -0.2) is 4.98 Å². The number of pyridine rings is 1. The first-order valence-corrected chi connectivity index (χ1v) is 5.97. The molecule has 0 fully saturated rings. The molecular weight excluding hydrogens is 246 g/mol. The molecule has 100 valence electrons. The maximum Gasteiger partial charge on any atom is 0.310 e. The Morgan fingerprint density at radius 2 is 2.11 bits per heavy atom. The molecule has 0 amide bonds. The molecule has 0 saturated heterocycles. The highest BCUT2D eigenvalue weighted by Crippen LogP contribution is 2.28. The first-order chi connectivity index (χ1) is 9.15. The molecule has 1 aromatic carbocycles. The minimum Gasteiger partial charge on any atom is -0.506 e. The fraction of sp³-hybridized carbons (Fsp3) is 0.286. The number of aromatic hydroxyl groups is 1. The summed E-state index contributed by atoms with van der Waals surface area (Å²) < 4.78 is 9.95. The third-order valence-electron chi connectivity index (χ3n) is 2.75. The minimum atomic E-state index is -0.301. The first-order valence-electron chi connectivity index (χ1n) is 5.97. The van der Waals surface area contributed by atoms with Crippen LogP contribution in [0.15, 0.2) is 24.3 Å². The van der Waals surface area contributed by atoms with Crippen molar-refractivity contribution >= 4 is 16.9 Å². The number of aromatic nitrogens is 1. The van der Waals surface area contributed by atoms with Gasteiger partial charge in [0.15, 0.2) is 0 Å². The van der Waals surface area contributed by atoms with Crippen LogP contribution in [0.3, 0.4) is 0 Å². The Hall–Kier alpha value is -2.30. The number of carbonyl (C=O) groups excluding carboxylic acids is 1. The van der Waals surface area contributed by atoms with Crippen molar-refractivity contribution < 1.29 is 19.4 Å². The quantitative estimate of drug-likeness (QED) is 0.853. The zero-order chi connectivity index (χ0) is 13.8. The number of nitrogens with zero attached hydrogens (tertiary/aromatic N) is 1. The highest BCUT2D eigenvalue weighted by molar-refractivity contribution is 5.90. The highest BCUT2D eigenvalue weighted by Gasteiger charge is 2.11. The van der Waals surface area contributed by atoms with Crippen LogP contribution < -0.4 is 4.74 Å². The van der Waals surface area contributed by atoms with Crippen LogP contribution in [-0.4, -0.2) is 29.8 Å². The van der Waals surface area contributed by atoms with Crippen molar-refractivity contribution in [1.29, 1.82) is 0 Å². The smallest absolute Gasteiger partial charge is 0.310 e. The normalized spacial score (nSPS) is 10.4. The van der Waals surface area contributed by atoms with Gasteiger partial charge in [0.25, 0.3) is 0 Å². The highest BCUT2D eigenvalue weighted by atomic mass is 16.5. The summed E-state index contributed by atoms with van der Waals surface area (Å²) in [7, 11) is 1.51. The SMILES string of the molecule is CCOC(=O)Cc1ccc(O)c2nc(OC)ccc12. The van der Waals surface area contributed by atoms with E-state index in [4.69, 9.17) is 9.47 Å². The molecule has 0 atom stereocenters. The van der Waals surface area contributed by atoms with Gasteiger partial charge in [0, 0.05) is 11.5 Å². The lowest BCUT2D eigenvalue weighted by atomic mass is 10.0. The monoisotopic (exact) mass is 261 g/mol. The van der Waals surface area contributed by atoms with E-state index in [1.807, 2.05) is 0 Å². The van der Waals surface area contributed by atoms with Gasteiger partial charge >= 0.3 is 5.97 Å². The Bertz CT molecular complexity index is 610. The number of fused-ring (bicyclic) bond motifs is 1. The lowest BCUT2D eigenvalue weighted by Crippen LogP contribution is -2.08. The molecule has 0 aliphatic rings. The van der Waals surface area contributed by atoms with Gasteiger partial charge in [0.1, 0.15) is 11.3 Å². The van der Waals surface area contributed by atoms with Crippen molar-refractivity contribution in [3.05, 3.63) is 29.8 Å². The summed E-state index contributed by atoms with van der Waals surface area (Å²) in [6.45, 7) is 2.11. The number of ether oxygens (including phenoxy) is 2. The summed E-state index contributed by atoms with van der Waals surface area (Å²) in [4.78, 5) is 15.7. The predicted octanol–water partition coefficient (Wildman–Crippen LogP) is 2.05. The Kier molecular flexibility index (Phi) is 3.85. The molecule has 0 saturated carbocycles. The van der Waals surface area contributed by atoms with E-state index < -0.39 is 0 Å².